The summed E-state index contributed by atoms with van der Waals surface area (Å²) >= 11 is 3.41. The monoisotopic (exact) mass is 386 g/mol. The van der Waals surface area contributed by atoms with Crippen molar-refractivity contribution in [2.24, 2.45) is 0 Å². The van der Waals surface area contributed by atoms with E-state index < -0.39 is 0 Å². The van der Waals surface area contributed by atoms with Gasteiger partial charge in [0.2, 0.25) is 0 Å². The molecule has 4 rings (SSSR count). The highest BCUT2D eigenvalue weighted by Crippen LogP contribution is 2.40. The molecule has 7 heteroatoms. The second-order valence-corrected chi connectivity index (χ2v) is 8.56. The smallest absolute Gasteiger partial charge is 0.191 e. The van der Waals surface area contributed by atoms with Crippen molar-refractivity contribution in [3.8, 4) is 16.3 Å². The van der Waals surface area contributed by atoms with E-state index in [1.807, 2.05) is 24.3 Å². The molecule has 0 aliphatic heterocycles. The molecule has 3 aromatic rings. The van der Waals surface area contributed by atoms with Gasteiger partial charge in [-0.15, -0.1) is 21.5 Å². The minimum atomic E-state index is 0.401. The third-order valence-corrected chi connectivity index (χ3v) is 6.27. The number of thiazole rings is 1. The van der Waals surface area contributed by atoms with Gasteiger partial charge < -0.3 is 9.30 Å². The lowest BCUT2D eigenvalue weighted by Gasteiger charge is -2.10. The summed E-state index contributed by atoms with van der Waals surface area (Å²) in [6.45, 7) is 4.36. The molecule has 0 unspecified atom stereocenters. The molecule has 1 fully saturated rings. The highest BCUT2D eigenvalue weighted by molar-refractivity contribution is 7.98. The third-order valence-electron chi connectivity index (χ3n) is 4.36. The van der Waals surface area contributed by atoms with Crippen LogP contribution in [0.4, 0.5) is 0 Å². The average Bonchev–Trinajstić information content (AvgIpc) is 3.22. The van der Waals surface area contributed by atoms with E-state index in [9.17, 15) is 0 Å². The van der Waals surface area contributed by atoms with Gasteiger partial charge in [0, 0.05) is 28.7 Å². The van der Waals surface area contributed by atoms with Crippen LogP contribution in [0.3, 0.4) is 0 Å². The molecule has 1 saturated carbocycles. The van der Waals surface area contributed by atoms with Crippen molar-refractivity contribution in [2.45, 2.75) is 49.6 Å². The number of hydrogen-bond acceptors (Lipinski definition) is 6. The Morgan fingerprint density at radius 1 is 1.23 bits per heavy atom. The average molecular weight is 387 g/mol. The molecule has 0 spiro atoms. The lowest BCUT2D eigenvalue weighted by atomic mass is 10.2. The minimum Gasteiger partial charge on any atom is -0.497 e. The molecular formula is C19H22N4OS2. The van der Waals surface area contributed by atoms with Crippen LogP contribution in [0, 0.1) is 0 Å². The molecule has 0 atom stereocenters. The number of rotatable bonds is 7. The highest BCUT2D eigenvalue weighted by Gasteiger charge is 2.30. The molecule has 2 heterocycles. The molecule has 0 bridgehead atoms. The van der Waals surface area contributed by atoms with Gasteiger partial charge in [0.1, 0.15) is 16.6 Å². The molecule has 5 nitrogen and oxygen atoms in total. The van der Waals surface area contributed by atoms with Crippen LogP contribution < -0.4 is 4.74 Å². The van der Waals surface area contributed by atoms with E-state index in [-0.39, 0.29) is 0 Å². The van der Waals surface area contributed by atoms with Gasteiger partial charge in [-0.2, -0.15) is 0 Å². The Labute approximate surface area is 161 Å². The molecular weight excluding hydrogens is 364 g/mol. The van der Waals surface area contributed by atoms with E-state index in [4.69, 9.17) is 9.72 Å². The van der Waals surface area contributed by atoms with Crippen LogP contribution in [-0.4, -0.2) is 26.9 Å². The summed E-state index contributed by atoms with van der Waals surface area (Å²) in [4.78, 5) is 4.78. The van der Waals surface area contributed by atoms with E-state index >= 15 is 0 Å². The molecule has 0 amide bonds. The zero-order chi connectivity index (χ0) is 18.1. The van der Waals surface area contributed by atoms with Crippen molar-refractivity contribution in [1.82, 2.24) is 19.7 Å². The second kappa shape index (κ2) is 7.40. The van der Waals surface area contributed by atoms with Gasteiger partial charge in [-0.1, -0.05) is 25.6 Å². The van der Waals surface area contributed by atoms with Crippen LogP contribution in [-0.2, 0) is 5.75 Å². The summed E-state index contributed by atoms with van der Waals surface area (Å²) in [5, 5.41) is 13.0. The predicted molar refractivity (Wildman–Crippen MR) is 106 cm³/mol. The first-order valence-electron chi connectivity index (χ1n) is 8.82. The number of nitrogens with zero attached hydrogens (tertiary/aromatic N) is 4. The summed E-state index contributed by atoms with van der Waals surface area (Å²) in [6.07, 6.45) is 2.48. The Kier molecular flexibility index (Phi) is 5.00. The molecule has 1 aliphatic carbocycles. The fourth-order valence-electron chi connectivity index (χ4n) is 2.83. The van der Waals surface area contributed by atoms with Crippen molar-refractivity contribution < 1.29 is 4.74 Å². The molecule has 0 N–H and O–H groups in total. The Bertz CT molecular complexity index is 881. The fourth-order valence-corrected chi connectivity index (χ4v) is 4.67. The normalized spacial score (nSPS) is 14.2. The first-order valence-corrected chi connectivity index (χ1v) is 10.7. The molecule has 26 heavy (non-hydrogen) atoms. The number of aromatic nitrogens is 4. The zero-order valence-corrected chi connectivity index (χ0v) is 16.8. The number of thioether (sulfide) groups is 1. The first kappa shape index (κ1) is 17.5. The van der Waals surface area contributed by atoms with Crippen LogP contribution in [0.25, 0.3) is 10.6 Å². The van der Waals surface area contributed by atoms with E-state index in [1.165, 1.54) is 12.8 Å². The quantitative estimate of drug-likeness (QED) is 0.525. The maximum atomic E-state index is 5.22. The number of benzene rings is 1. The summed E-state index contributed by atoms with van der Waals surface area (Å²) in [5.41, 5.74) is 2.21. The van der Waals surface area contributed by atoms with Crippen molar-refractivity contribution >= 4 is 23.1 Å². The van der Waals surface area contributed by atoms with Crippen LogP contribution in [0.2, 0.25) is 0 Å². The van der Waals surface area contributed by atoms with Gasteiger partial charge in [0.15, 0.2) is 5.16 Å². The Balaban J connectivity index is 1.47. The van der Waals surface area contributed by atoms with Crippen molar-refractivity contribution in [3.63, 3.8) is 0 Å². The topological polar surface area (TPSA) is 52.8 Å². The van der Waals surface area contributed by atoms with E-state index in [1.54, 1.807) is 30.2 Å². The van der Waals surface area contributed by atoms with Crippen LogP contribution in [0.5, 0.6) is 5.75 Å². The molecule has 2 aromatic heterocycles. The summed E-state index contributed by atoms with van der Waals surface area (Å²) < 4.78 is 7.56. The van der Waals surface area contributed by atoms with Crippen molar-refractivity contribution in [2.75, 3.05) is 7.11 Å². The number of methoxy groups -OCH3 is 1. The number of ether oxygens (including phenoxy) is 1. The Morgan fingerprint density at radius 3 is 2.65 bits per heavy atom. The fraction of sp³-hybridized carbons (Fsp3) is 0.421. The van der Waals surface area contributed by atoms with Gasteiger partial charge in [-0.3, -0.25) is 0 Å². The number of hydrogen-bond donors (Lipinski definition) is 0. The molecule has 0 saturated heterocycles. The lowest BCUT2D eigenvalue weighted by molar-refractivity contribution is 0.415. The van der Waals surface area contributed by atoms with E-state index in [0.717, 1.165) is 38.7 Å². The summed E-state index contributed by atoms with van der Waals surface area (Å²) in [7, 11) is 1.68. The van der Waals surface area contributed by atoms with Crippen LogP contribution in [0.1, 0.15) is 50.2 Å². The summed E-state index contributed by atoms with van der Waals surface area (Å²) in [6, 6.07) is 8.63. The molecule has 1 aromatic carbocycles. The van der Waals surface area contributed by atoms with Gasteiger partial charge in [0.25, 0.3) is 0 Å². The minimum absolute atomic E-state index is 0.401. The Hall–Kier alpha value is -1.86. The van der Waals surface area contributed by atoms with E-state index in [0.29, 0.717) is 12.0 Å². The highest BCUT2D eigenvalue weighted by atomic mass is 32.2. The van der Waals surface area contributed by atoms with E-state index in [2.05, 4.69) is 34.0 Å². The van der Waals surface area contributed by atoms with Crippen LogP contribution >= 0.6 is 23.1 Å². The zero-order valence-electron chi connectivity index (χ0n) is 15.2. The largest absolute Gasteiger partial charge is 0.497 e. The molecule has 136 valence electrons. The lowest BCUT2D eigenvalue weighted by Crippen LogP contribution is -2.04. The standard InChI is InChI=1S/C19H22N4OS2/c1-12(2)17-21-22-19(23(17)15-6-7-15)26-11-14-10-25-18(20-14)13-4-8-16(24-3)9-5-13/h4-5,8-10,12,15H,6-7,11H2,1-3H3. The third kappa shape index (κ3) is 3.64. The van der Waals surface area contributed by atoms with Crippen molar-refractivity contribution in [3.05, 3.63) is 41.2 Å². The van der Waals surface area contributed by atoms with Crippen LogP contribution in [0.15, 0.2) is 34.8 Å². The summed E-state index contributed by atoms with van der Waals surface area (Å²) in [5.74, 6) is 3.18. The maximum Gasteiger partial charge on any atom is 0.191 e. The Morgan fingerprint density at radius 2 is 2.00 bits per heavy atom. The van der Waals surface area contributed by atoms with Gasteiger partial charge in [-0.05, 0) is 37.1 Å². The van der Waals surface area contributed by atoms with Gasteiger partial charge in [0.05, 0.1) is 12.8 Å². The molecule has 0 radical (unpaired) electrons. The predicted octanol–water partition coefficient (Wildman–Crippen LogP) is 5.16. The molecule has 1 aliphatic rings. The first-order chi connectivity index (χ1) is 12.7. The van der Waals surface area contributed by atoms with Crippen molar-refractivity contribution in [1.29, 1.82) is 0 Å². The second-order valence-electron chi connectivity index (χ2n) is 6.76. The maximum absolute atomic E-state index is 5.22. The van der Waals surface area contributed by atoms with Gasteiger partial charge >= 0.3 is 0 Å². The van der Waals surface area contributed by atoms with Gasteiger partial charge in [-0.25, -0.2) is 4.98 Å². The SMILES string of the molecule is COc1ccc(-c2nc(CSc3nnc(C(C)C)n3C3CC3)cs2)cc1.